The minimum Gasteiger partial charge on any atom is -0.369 e. The summed E-state index contributed by atoms with van der Waals surface area (Å²) in [6.45, 7) is 3.00. The third-order valence-electron chi connectivity index (χ3n) is 19.6. The van der Waals surface area contributed by atoms with Crippen LogP contribution in [0.2, 0.25) is 0 Å². The Morgan fingerprint density at radius 2 is 0.865 bits per heavy atom. The third kappa shape index (κ3) is 13.1. The molecule has 3 aromatic carbocycles. The van der Waals surface area contributed by atoms with Gasteiger partial charge in [-0.1, -0.05) is 54.6 Å². The molecule has 6 aliphatic rings. The van der Waals surface area contributed by atoms with Crippen molar-refractivity contribution in [3.8, 4) is 101 Å². The summed E-state index contributed by atoms with van der Waals surface area (Å²) >= 11 is 0. The molecule has 0 radical (unpaired) electrons. The van der Waals surface area contributed by atoms with Crippen LogP contribution < -0.4 is 32.7 Å². The monoisotopic (exact) mass is 1280 g/mol. The molecule has 12 aromatic rings. The maximum absolute atomic E-state index is 6.44. The van der Waals surface area contributed by atoms with E-state index in [4.69, 9.17) is 41.4 Å². The minimum atomic E-state index is -0.00459. The van der Waals surface area contributed by atoms with Crippen LogP contribution in [0.25, 0.3) is 101 Å². The van der Waals surface area contributed by atoms with Gasteiger partial charge in [-0.05, 0) is 117 Å². The predicted molar refractivity (Wildman–Crippen MR) is 373 cm³/mol. The Morgan fingerprint density at radius 1 is 0.469 bits per heavy atom. The number of anilines is 3. The number of nitrogens with two attached hydrogens (primary N) is 2. The molecule has 18 rings (SSSR count). The van der Waals surface area contributed by atoms with Gasteiger partial charge < -0.3 is 32.7 Å². The number of aryl methyl sites for hydroxylation is 6. The van der Waals surface area contributed by atoms with Crippen LogP contribution in [0, 0.1) is 11.3 Å². The molecule has 24 nitrogen and oxygen atoms in total. The number of fused-ring (bicyclic) bond motifs is 1. The molecule has 0 amide bonds. The Hall–Kier alpha value is -10.6. The van der Waals surface area contributed by atoms with Crippen molar-refractivity contribution in [3.05, 3.63) is 166 Å². The smallest absolute Gasteiger partial charge is 0.161 e. The van der Waals surface area contributed by atoms with Gasteiger partial charge in [0.05, 0.1) is 37.2 Å². The molecular formula is C72H80N24. The van der Waals surface area contributed by atoms with E-state index in [1.807, 2.05) is 170 Å². The Kier molecular flexibility index (Phi) is 16.2. The molecule has 96 heavy (non-hydrogen) atoms. The maximum atomic E-state index is 6.44. The van der Waals surface area contributed by atoms with E-state index in [1.54, 1.807) is 23.4 Å². The van der Waals surface area contributed by atoms with E-state index >= 15 is 0 Å². The molecule has 6 fully saturated rings. The molecule has 0 unspecified atom stereocenters. The zero-order valence-corrected chi connectivity index (χ0v) is 55.0. The van der Waals surface area contributed by atoms with Crippen LogP contribution in [0.3, 0.4) is 0 Å². The number of aromatic nitrogens is 18. The molecule has 1 spiro atoms. The Labute approximate surface area is 557 Å². The fraction of sp³-hybridized carbons (Fsp3) is 0.333. The molecule has 1 aliphatic heterocycles. The van der Waals surface area contributed by atoms with Gasteiger partial charge in [0.1, 0.15) is 17.5 Å². The summed E-state index contributed by atoms with van der Waals surface area (Å²) in [5.41, 5.74) is 28.3. The lowest BCUT2D eigenvalue weighted by molar-refractivity contribution is 0.00112. The van der Waals surface area contributed by atoms with Crippen LogP contribution in [-0.4, -0.2) is 131 Å². The normalized spacial score (nSPS) is 21.3. The molecule has 9 aromatic heterocycles. The average molecular weight is 1280 g/mol. The Bertz CT molecular complexity index is 4740. The molecule has 1 atom stereocenters. The highest BCUT2D eigenvalue weighted by molar-refractivity contribution is 5.80. The van der Waals surface area contributed by atoms with Gasteiger partial charge in [-0.15, -0.1) is 0 Å². The van der Waals surface area contributed by atoms with Gasteiger partial charge in [-0.2, -0.15) is 30.6 Å². The largest absolute Gasteiger partial charge is 0.369 e. The van der Waals surface area contributed by atoms with Crippen molar-refractivity contribution in [2.75, 3.05) is 35.6 Å². The zero-order valence-electron chi connectivity index (χ0n) is 55.0. The topological polar surface area (TPSA) is 284 Å². The number of rotatable bonds is 16. The van der Waals surface area contributed by atoms with Crippen LogP contribution in [0.1, 0.15) is 57.8 Å². The van der Waals surface area contributed by atoms with Crippen LogP contribution in [0.5, 0.6) is 0 Å². The van der Waals surface area contributed by atoms with Gasteiger partial charge in [0, 0.05) is 195 Å². The first-order valence-electron chi connectivity index (χ1n) is 32.9. The molecular weight excluding hydrogens is 1200 g/mol. The number of nitrogens with one attached hydrogen (secondary N) is 4. The van der Waals surface area contributed by atoms with Gasteiger partial charge in [-0.25, -0.2) is 29.9 Å². The van der Waals surface area contributed by atoms with E-state index in [0.717, 1.165) is 172 Å². The molecule has 2 bridgehead atoms. The number of hydrogen-bond donors (Lipinski definition) is 6. The van der Waals surface area contributed by atoms with E-state index in [-0.39, 0.29) is 11.1 Å². The average Bonchev–Trinajstić information content (AvgIpc) is 1.61. The van der Waals surface area contributed by atoms with Crippen molar-refractivity contribution < 1.29 is 0 Å². The standard InChI is InChI=1S/C25H28N8.C24H26N8.C23H26N8/c1-32-14-18(11-28-32)16-4-3-5-17(6-16)23-27-13-22(19-12-29-33(2)15-19)24(31-23)30-21-9-25(10-21)7-20(26)8-25;1-31-12-18(9-27-31)16-4-3-5-17(8-16)21-26-11-20(19-10-28-32(2)13-19)22(29-21)30-24-7-6-23(25,14-24)15-24;1-30-14-19(11-27-30)17-4-3-5-18(8-17)22-26-13-21(20-12-28-31(2)15-20)23(29-22)25-10-16-6-7-24-9-16/h3-6,11-15,20-21H,7-10,26H2,1-2H3,(H,27,30,31);3-5,8-13H,6-7,14-15,25H2,1-2H3,(H,26,29,30);3-5,8,11-16,24H,6-7,9-10H2,1-2H3,(H,25,26,29)/t;;16-/m..0/s1. The first-order valence-corrected chi connectivity index (χ1v) is 32.9. The second-order valence-corrected chi connectivity index (χ2v) is 27.3. The summed E-state index contributed by atoms with van der Waals surface area (Å²) in [6.07, 6.45) is 38.8. The van der Waals surface area contributed by atoms with E-state index in [9.17, 15) is 0 Å². The first-order chi connectivity index (χ1) is 46.5. The third-order valence-corrected chi connectivity index (χ3v) is 19.6. The lowest BCUT2D eigenvalue weighted by atomic mass is 9.52. The van der Waals surface area contributed by atoms with Crippen molar-refractivity contribution in [1.29, 1.82) is 0 Å². The van der Waals surface area contributed by atoms with Gasteiger partial charge in [0.25, 0.3) is 0 Å². The van der Waals surface area contributed by atoms with E-state index in [2.05, 4.69) is 94.3 Å². The Morgan fingerprint density at radius 3 is 1.25 bits per heavy atom. The maximum Gasteiger partial charge on any atom is 0.161 e. The summed E-state index contributed by atoms with van der Waals surface area (Å²) in [5, 5.41) is 40.3. The lowest BCUT2D eigenvalue weighted by Gasteiger charge is -2.57. The van der Waals surface area contributed by atoms with Gasteiger partial charge >= 0.3 is 0 Å². The van der Waals surface area contributed by atoms with Gasteiger partial charge in [0.2, 0.25) is 0 Å². The molecule has 488 valence electrons. The Balaban J connectivity index is 0.000000118. The summed E-state index contributed by atoms with van der Waals surface area (Å²) in [6, 6.07) is 25.6. The second kappa shape index (κ2) is 25.3. The highest BCUT2D eigenvalue weighted by atomic mass is 15.3. The summed E-state index contributed by atoms with van der Waals surface area (Å²) in [4.78, 5) is 29.1. The van der Waals surface area contributed by atoms with Crippen LogP contribution >= 0.6 is 0 Å². The highest BCUT2D eigenvalue weighted by Crippen LogP contribution is 2.57. The molecule has 24 heteroatoms. The van der Waals surface area contributed by atoms with Crippen molar-refractivity contribution in [1.82, 2.24) is 93.9 Å². The first kappa shape index (κ1) is 61.6. The zero-order chi connectivity index (χ0) is 65.7. The fourth-order valence-corrected chi connectivity index (χ4v) is 14.8. The molecule has 8 N–H and O–H groups in total. The quantitative estimate of drug-likeness (QED) is 0.0524. The number of nitrogens with zero attached hydrogens (tertiary/aromatic N) is 18. The van der Waals surface area contributed by atoms with Gasteiger partial charge in [-0.3, -0.25) is 28.1 Å². The molecule has 1 saturated heterocycles. The van der Waals surface area contributed by atoms with E-state index in [1.165, 1.54) is 6.42 Å². The fourth-order valence-electron chi connectivity index (χ4n) is 14.8. The van der Waals surface area contributed by atoms with Crippen molar-refractivity contribution in [3.63, 3.8) is 0 Å². The number of benzene rings is 3. The molecule has 5 aliphatic carbocycles. The van der Waals surface area contributed by atoms with Crippen molar-refractivity contribution >= 4 is 17.5 Å². The van der Waals surface area contributed by atoms with Gasteiger partial charge in [0.15, 0.2) is 17.5 Å². The van der Waals surface area contributed by atoms with E-state index < -0.39 is 0 Å². The highest BCUT2D eigenvalue weighted by Gasteiger charge is 2.59. The van der Waals surface area contributed by atoms with Crippen LogP contribution in [-0.2, 0) is 42.3 Å². The SMILES string of the molecule is Cn1cc(-c2cccc(-c3ncc(-c4cnn(C)c4)c(NC45CCC(N)(C4)C5)n3)c2)cn1.Cn1cc(-c2cccc(-c3ncc(-c4cnn(C)c4)c(NC4CC5(CC(N)C5)C4)n3)c2)cn1.Cn1cc(-c2cccc(-c3ncc(-c4cnn(C)c4)c(NC[C@H]4CCNC4)n3)c2)cn1. The second-order valence-electron chi connectivity index (χ2n) is 27.3. The van der Waals surface area contributed by atoms with Crippen LogP contribution in [0.15, 0.2) is 166 Å². The van der Waals surface area contributed by atoms with Crippen LogP contribution in [0.4, 0.5) is 17.5 Å². The minimum absolute atomic E-state index is 0.00459. The summed E-state index contributed by atoms with van der Waals surface area (Å²) < 4.78 is 10.8. The summed E-state index contributed by atoms with van der Waals surface area (Å²) in [5.74, 6) is 5.26. The summed E-state index contributed by atoms with van der Waals surface area (Å²) in [7, 11) is 11.5. The van der Waals surface area contributed by atoms with Crippen molar-refractivity contribution in [2.24, 2.45) is 65.1 Å². The molecule has 5 saturated carbocycles. The lowest BCUT2D eigenvalue weighted by Crippen LogP contribution is -2.57. The number of hydrogen-bond acceptors (Lipinski definition) is 18. The predicted octanol–water partition coefficient (Wildman–Crippen LogP) is 9.97. The molecule has 10 heterocycles. The van der Waals surface area contributed by atoms with Crippen molar-refractivity contribution in [2.45, 2.75) is 80.9 Å². The van der Waals surface area contributed by atoms with E-state index in [0.29, 0.717) is 40.9 Å².